The first-order valence-electron chi connectivity index (χ1n) is 7.85. The molecule has 104 valence electrons. The summed E-state index contributed by atoms with van der Waals surface area (Å²) in [6.07, 6.45) is 8.30. The minimum Gasteiger partial charge on any atom is -0.374 e. The SMILES string of the molecule is CC1CCC(C(N)C2CN3CCCC3CO2)CC1. The van der Waals surface area contributed by atoms with E-state index in [2.05, 4.69) is 11.8 Å². The molecule has 0 spiro atoms. The Kier molecular flexibility index (Phi) is 3.92. The van der Waals surface area contributed by atoms with Gasteiger partial charge in [-0.05, 0) is 44.1 Å². The lowest BCUT2D eigenvalue weighted by Gasteiger charge is -2.41. The molecule has 2 N–H and O–H groups in total. The van der Waals surface area contributed by atoms with Crippen LogP contribution in [0.5, 0.6) is 0 Å². The van der Waals surface area contributed by atoms with Gasteiger partial charge in [-0.2, -0.15) is 0 Å². The number of rotatable bonds is 2. The number of hydrogen-bond acceptors (Lipinski definition) is 3. The summed E-state index contributed by atoms with van der Waals surface area (Å²) in [6.45, 7) is 5.63. The maximum atomic E-state index is 6.50. The maximum absolute atomic E-state index is 6.50. The van der Waals surface area contributed by atoms with E-state index in [1.54, 1.807) is 0 Å². The highest BCUT2D eigenvalue weighted by molar-refractivity contribution is 4.92. The zero-order chi connectivity index (χ0) is 12.5. The van der Waals surface area contributed by atoms with Crippen molar-refractivity contribution in [1.82, 2.24) is 4.90 Å². The van der Waals surface area contributed by atoms with Crippen molar-refractivity contribution in [2.45, 2.75) is 63.6 Å². The number of nitrogens with two attached hydrogens (primary N) is 1. The van der Waals surface area contributed by atoms with Gasteiger partial charge >= 0.3 is 0 Å². The van der Waals surface area contributed by atoms with Crippen molar-refractivity contribution in [1.29, 1.82) is 0 Å². The quantitative estimate of drug-likeness (QED) is 0.817. The first-order chi connectivity index (χ1) is 8.74. The lowest BCUT2D eigenvalue weighted by molar-refractivity contribution is -0.0697. The number of fused-ring (bicyclic) bond motifs is 1. The first-order valence-corrected chi connectivity index (χ1v) is 7.85. The Morgan fingerprint density at radius 2 is 1.94 bits per heavy atom. The Morgan fingerprint density at radius 3 is 2.72 bits per heavy atom. The van der Waals surface area contributed by atoms with E-state index in [1.165, 1.54) is 45.1 Å². The van der Waals surface area contributed by atoms with E-state index in [0.717, 1.165) is 19.1 Å². The Labute approximate surface area is 111 Å². The van der Waals surface area contributed by atoms with Gasteiger partial charge in [0.25, 0.3) is 0 Å². The highest BCUT2D eigenvalue weighted by Gasteiger charge is 2.37. The van der Waals surface area contributed by atoms with Crippen LogP contribution in [0, 0.1) is 11.8 Å². The third-order valence-electron chi connectivity index (χ3n) is 5.45. The van der Waals surface area contributed by atoms with E-state index in [9.17, 15) is 0 Å². The van der Waals surface area contributed by atoms with Crippen LogP contribution < -0.4 is 5.73 Å². The molecule has 3 aliphatic rings. The summed E-state index contributed by atoms with van der Waals surface area (Å²) in [5.74, 6) is 1.61. The normalized spacial score (nSPS) is 43.7. The second-order valence-corrected chi connectivity index (χ2v) is 6.76. The minimum atomic E-state index is 0.263. The van der Waals surface area contributed by atoms with E-state index in [4.69, 9.17) is 10.5 Å². The monoisotopic (exact) mass is 252 g/mol. The predicted molar refractivity (Wildman–Crippen MR) is 73.4 cm³/mol. The minimum absolute atomic E-state index is 0.263. The molecule has 0 aromatic heterocycles. The number of hydrogen-bond donors (Lipinski definition) is 1. The summed E-state index contributed by atoms with van der Waals surface area (Å²) in [5.41, 5.74) is 6.50. The summed E-state index contributed by atoms with van der Waals surface area (Å²) >= 11 is 0. The van der Waals surface area contributed by atoms with Gasteiger partial charge < -0.3 is 10.5 Å². The molecule has 0 amide bonds. The number of nitrogens with zero attached hydrogens (tertiary/aromatic N) is 1. The highest BCUT2D eigenvalue weighted by Crippen LogP contribution is 2.33. The van der Waals surface area contributed by atoms with Crippen LogP contribution in [0.3, 0.4) is 0 Å². The third kappa shape index (κ3) is 2.59. The van der Waals surface area contributed by atoms with Crippen molar-refractivity contribution >= 4 is 0 Å². The zero-order valence-corrected chi connectivity index (χ0v) is 11.7. The van der Waals surface area contributed by atoms with Gasteiger partial charge in [-0.25, -0.2) is 0 Å². The Morgan fingerprint density at radius 1 is 1.17 bits per heavy atom. The third-order valence-corrected chi connectivity index (χ3v) is 5.45. The van der Waals surface area contributed by atoms with Crippen molar-refractivity contribution in [3.8, 4) is 0 Å². The van der Waals surface area contributed by atoms with Crippen LogP contribution in [0.25, 0.3) is 0 Å². The van der Waals surface area contributed by atoms with Crippen LogP contribution in [-0.2, 0) is 4.74 Å². The molecule has 18 heavy (non-hydrogen) atoms. The van der Waals surface area contributed by atoms with Crippen molar-refractivity contribution in [3.63, 3.8) is 0 Å². The van der Waals surface area contributed by atoms with Crippen molar-refractivity contribution in [3.05, 3.63) is 0 Å². The summed E-state index contributed by atoms with van der Waals surface area (Å²) in [4.78, 5) is 2.61. The molecular formula is C15H28N2O. The van der Waals surface area contributed by atoms with Gasteiger partial charge in [0.15, 0.2) is 0 Å². The van der Waals surface area contributed by atoms with Gasteiger partial charge in [-0.3, -0.25) is 4.90 Å². The largest absolute Gasteiger partial charge is 0.374 e. The number of ether oxygens (including phenoxy) is 1. The average molecular weight is 252 g/mol. The van der Waals surface area contributed by atoms with E-state index in [-0.39, 0.29) is 12.1 Å². The standard InChI is InChI=1S/C15H28N2O/c1-11-4-6-12(7-5-11)15(16)14-9-17-8-2-3-13(17)10-18-14/h11-15H,2-10,16H2,1H3. The molecule has 3 fully saturated rings. The van der Waals surface area contributed by atoms with Gasteiger partial charge in [-0.1, -0.05) is 19.8 Å². The molecule has 3 heteroatoms. The van der Waals surface area contributed by atoms with Crippen molar-refractivity contribution in [2.24, 2.45) is 17.6 Å². The van der Waals surface area contributed by atoms with Gasteiger partial charge in [0, 0.05) is 18.6 Å². The second kappa shape index (κ2) is 5.48. The van der Waals surface area contributed by atoms with E-state index >= 15 is 0 Å². The van der Waals surface area contributed by atoms with E-state index < -0.39 is 0 Å². The molecule has 3 nitrogen and oxygen atoms in total. The number of morpholine rings is 1. The Balaban J connectivity index is 1.54. The van der Waals surface area contributed by atoms with Crippen LogP contribution in [0.4, 0.5) is 0 Å². The highest BCUT2D eigenvalue weighted by atomic mass is 16.5. The Bertz CT molecular complexity index is 276. The van der Waals surface area contributed by atoms with Gasteiger partial charge in [0.1, 0.15) is 0 Å². The molecule has 1 saturated carbocycles. The fourth-order valence-electron chi connectivity index (χ4n) is 4.05. The fraction of sp³-hybridized carbons (Fsp3) is 1.00. The van der Waals surface area contributed by atoms with Crippen molar-refractivity contribution < 1.29 is 4.74 Å². The van der Waals surface area contributed by atoms with Crippen LogP contribution in [0.1, 0.15) is 45.4 Å². The molecule has 0 aromatic rings. The summed E-state index contributed by atoms with van der Waals surface area (Å²) in [5, 5.41) is 0. The second-order valence-electron chi connectivity index (χ2n) is 6.76. The maximum Gasteiger partial charge on any atom is 0.0856 e. The molecule has 2 saturated heterocycles. The van der Waals surface area contributed by atoms with Gasteiger partial charge in [-0.15, -0.1) is 0 Å². The van der Waals surface area contributed by atoms with Crippen LogP contribution in [0.15, 0.2) is 0 Å². The van der Waals surface area contributed by atoms with E-state index in [1.807, 2.05) is 0 Å². The predicted octanol–water partition coefficient (Wildman–Crippen LogP) is 2.00. The topological polar surface area (TPSA) is 38.5 Å². The molecule has 0 bridgehead atoms. The lowest BCUT2D eigenvalue weighted by atomic mass is 9.78. The molecule has 0 radical (unpaired) electrons. The zero-order valence-electron chi connectivity index (χ0n) is 11.7. The van der Waals surface area contributed by atoms with Crippen molar-refractivity contribution in [2.75, 3.05) is 19.7 Å². The molecule has 2 aliphatic heterocycles. The van der Waals surface area contributed by atoms with Gasteiger partial charge in [0.05, 0.1) is 12.7 Å². The van der Waals surface area contributed by atoms with E-state index in [0.29, 0.717) is 12.0 Å². The molecule has 1 aliphatic carbocycles. The molecule has 3 unspecified atom stereocenters. The molecule has 2 heterocycles. The smallest absolute Gasteiger partial charge is 0.0856 e. The average Bonchev–Trinajstić information content (AvgIpc) is 2.86. The lowest BCUT2D eigenvalue weighted by Crippen LogP contribution is -2.55. The summed E-state index contributed by atoms with van der Waals surface area (Å²) < 4.78 is 6.07. The van der Waals surface area contributed by atoms with Crippen LogP contribution in [0.2, 0.25) is 0 Å². The molecular weight excluding hydrogens is 224 g/mol. The van der Waals surface area contributed by atoms with Gasteiger partial charge in [0.2, 0.25) is 0 Å². The summed E-state index contributed by atoms with van der Waals surface area (Å²) in [7, 11) is 0. The first kappa shape index (κ1) is 12.9. The molecule has 0 aromatic carbocycles. The Hall–Kier alpha value is -0.120. The van der Waals surface area contributed by atoms with Crippen LogP contribution in [-0.4, -0.2) is 42.8 Å². The summed E-state index contributed by atoms with van der Waals surface area (Å²) in [6, 6.07) is 0.957. The molecule has 3 atom stereocenters. The van der Waals surface area contributed by atoms with Crippen LogP contribution >= 0.6 is 0 Å². The fourth-order valence-corrected chi connectivity index (χ4v) is 4.05. The molecule has 3 rings (SSSR count).